The Morgan fingerprint density at radius 1 is 0.864 bits per heavy atom. The summed E-state index contributed by atoms with van der Waals surface area (Å²) in [4.78, 5) is 3.41. The van der Waals surface area contributed by atoms with Gasteiger partial charge in [0, 0.05) is 33.2 Å². The minimum absolute atomic E-state index is 0.131. The maximum absolute atomic E-state index is 15.5. The van der Waals surface area contributed by atoms with Crippen molar-refractivity contribution in [3.05, 3.63) is 22.5 Å². The van der Waals surface area contributed by atoms with Crippen LogP contribution in [0.1, 0.15) is 89.7 Å². The molecule has 0 bridgehead atoms. The second-order valence-corrected chi connectivity index (χ2v) is 9.47. The normalized spacial score (nSPS) is 23.3. The van der Waals surface area contributed by atoms with Crippen LogP contribution in [-0.4, -0.2) is 4.98 Å². The van der Waals surface area contributed by atoms with Crippen LogP contribution in [0.25, 0.3) is 0 Å². The van der Waals surface area contributed by atoms with Crippen LogP contribution in [0.5, 0.6) is 0 Å². The number of hydrogen-bond acceptors (Lipinski definition) is 0. The molecule has 1 nitrogen and oxygen atoms in total. The zero-order chi connectivity index (χ0) is 16.6. The van der Waals surface area contributed by atoms with E-state index in [1.165, 1.54) is 0 Å². The van der Waals surface area contributed by atoms with Gasteiger partial charge in [0.2, 0.25) is 0 Å². The molecule has 0 aliphatic heterocycles. The molecule has 3 rings (SSSR count). The number of rotatable bonds is 0. The smallest absolute Gasteiger partial charge is 0.281 e. The van der Waals surface area contributed by atoms with Gasteiger partial charge in [0.15, 0.2) is 0 Å². The van der Waals surface area contributed by atoms with E-state index in [2.05, 4.69) is 25.8 Å². The Balaban J connectivity index is 2.26. The van der Waals surface area contributed by atoms with E-state index in [1.54, 1.807) is 0 Å². The van der Waals surface area contributed by atoms with Crippen molar-refractivity contribution in [2.24, 2.45) is 5.41 Å². The predicted molar refractivity (Wildman–Crippen MR) is 86.7 cm³/mol. The molecule has 3 heteroatoms. The molecule has 1 aromatic heterocycles. The van der Waals surface area contributed by atoms with E-state index in [-0.39, 0.29) is 10.8 Å². The van der Waals surface area contributed by atoms with E-state index in [1.807, 2.05) is 20.8 Å². The van der Waals surface area contributed by atoms with Gasteiger partial charge in [0.05, 0.1) is 0 Å². The number of alkyl halides is 2. The number of H-pyrrole nitrogens is 1. The molecular formula is C19H29F2N. The maximum Gasteiger partial charge on any atom is 0.281 e. The van der Waals surface area contributed by atoms with Gasteiger partial charge in [0.25, 0.3) is 5.92 Å². The highest BCUT2D eigenvalue weighted by atomic mass is 19.3. The van der Waals surface area contributed by atoms with Crippen molar-refractivity contribution >= 4 is 0 Å². The summed E-state index contributed by atoms with van der Waals surface area (Å²) in [6.07, 6.45) is 3.77. The first-order valence-corrected chi connectivity index (χ1v) is 8.54. The van der Waals surface area contributed by atoms with Gasteiger partial charge in [-0.3, -0.25) is 0 Å². The van der Waals surface area contributed by atoms with Crippen LogP contribution in [0.3, 0.4) is 0 Å². The molecule has 0 atom stereocenters. The Bertz CT molecular complexity index is 590. The van der Waals surface area contributed by atoms with Gasteiger partial charge in [-0.2, -0.15) is 0 Å². The monoisotopic (exact) mass is 309 g/mol. The van der Waals surface area contributed by atoms with Crippen molar-refractivity contribution in [3.63, 3.8) is 0 Å². The lowest BCUT2D eigenvalue weighted by Crippen LogP contribution is -2.35. The van der Waals surface area contributed by atoms with Gasteiger partial charge in [-0.15, -0.1) is 0 Å². The second kappa shape index (κ2) is 4.36. The molecule has 1 spiro atoms. The van der Waals surface area contributed by atoms with Crippen LogP contribution in [-0.2, 0) is 23.2 Å². The first-order chi connectivity index (χ1) is 9.90. The van der Waals surface area contributed by atoms with Crippen molar-refractivity contribution in [1.82, 2.24) is 4.98 Å². The molecule has 1 heterocycles. The van der Waals surface area contributed by atoms with E-state index < -0.39 is 11.3 Å². The van der Waals surface area contributed by atoms with E-state index in [9.17, 15) is 0 Å². The third-order valence-electron chi connectivity index (χ3n) is 5.66. The fraction of sp³-hybridized carbons (Fsp3) is 0.789. The molecule has 22 heavy (non-hydrogen) atoms. The predicted octanol–water partition coefficient (Wildman–Crippen LogP) is 5.82. The van der Waals surface area contributed by atoms with Crippen LogP contribution in [0.2, 0.25) is 0 Å². The van der Waals surface area contributed by atoms with Crippen molar-refractivity contribution in [2.45, 2.75) is 90.4 Å². The summed E-state index contributed by atoms with van der Waals surface area (Å²) in [5.41, 5.74) is 1.80. The van der Waals surface area contributed by atoms with E-state index in [0.29, 0.717) is 24.8 Å². The van der Waals surface area contributed by atoms with E-state index >= 15 is 8.78 Å². The Morgan fingerprint density at radius 2 is 1.36 bits per heavy atom. The van der Waals surface area contributed by atoms with Gasteiger partial charge in [-0.1, -0.05) is 54.4 Å². The molecule has 0 aromatic carbocycles. The van der Waals surface area contributed by atoms with Crippen LogP contribution in [0, 0.1) is 5.41 Å². The zero-order valence-corrected chi connectivity index (χ0v) is 14.8. The first-order valence-electron chi connectivity index (χ1n) is 8.54. The molecule has 0 radical (unpaired) electrons. The second-order valence-electron chi connectivity index (χ2n) is 9.47. The Morgan fingerprint density at radius 3 is 1.82 bits per heavy atom. The molecule has 0 saturated heterocycles. The minimum atomic E-state index is -2.69. The quantitative estimate of drug-likeness (QED) is 0.621. The lowest BCUT2D eigenvalue weighted by molar-refractivity contribution is -0.115. The standard InChI is InChI=1S/C19H29F2N/c1-16(2,3)14-12-11-18(9-7-8-10-18)19(20,21)13(12)15(22-14)17(4,5)6/h22H,7-11H2,1-6H3. The molecule has 0 amide bonds. The highest BCUT2D eigenvalue weighted by Crippen LogP contribution is 2.64. The van der Waals surface area contributed by atoms with Crippen molar-refractivity contribution < 1.29 is 8.78 Å². The number of hydrogen-bond donors (Lipinski definition) is 1. The molecule has 1 N–H and O–H groups in total. The number of fused-ring (bicyclic) bond motifs is 1. The topological polar surface area (TPSA) is 15.8 Å². The molecule has 1 aromatic rings. The van der Waals surface area contributed by atoms with Gasteiger partial charge in [0.1, 0.15) is 0 Å². The third kappa shape index (κ3) is 2.00. The van der Waals surface area contributed by atoms with Crippen LogP contribution < -0.4 is 0 Å². The number of nitrogens with one attached hydrogen (secondary N) is 1. The van der Waals surface area contributed by atoms with Gasteiger partial charge in [-0.05, 0) is 24.8 Å². The largest absolute Gasteiger partial charge is 0.361 e. The van der Waals surface area contributed by atoms with Crippen molar-refractivity contribution in [1.29, 1.82) is 0 Å². The fourth-order valence-corrected chi connectivity index (χ4v) is 4.52. The highest BCUT2D eigenvalue weighted by Gasteiger charge is 2.63. The summed E-state index contributed by atoms with van der Waals surface area (Å²) < 4.78 is 30.9. The highest BCUT2D eigenvalue weighted by molar-refractivity contribution is 5.51. The van der Waals surface area contributed by atoms with Crippen molar-refractivity contribution in [2.75, 3.05) is 0 Å². The molecule has 2 aliphatic carbocycles. The number of aromatic nitrogens is 1. The van der Waals surface area contributed by atoms with Gasteiger partial charge >= 0.3 is 0 Å². The summed E-state index contributed by atoms with van der Waals surface area (Å²) in [7, 11) is 0. The molecule has 1 fully saturated rings. The Hall–Kier alpha value is -0.860. The van der Waals surface area contributed by atoms with Crippen molar-refractivity contribution in [3.8, 4) is 0 Å². The maximum atomic E-state index is 15.5. The van der Waals surface area contributed by atoms with Gasteiger partial charge < -0.3 is 4.98 Å². The molecular weight excluding hydrogens is 280 g/mol. The summed E-state index contributed by atoms with van der Waals surface area (Å²) in [6.45, 7) is 12.4. The molecule has 2 aliphatic rings. The molecule has 1 saturated carbocycles. The average molecular weight is 309 g/mol. The van der Waals surface area contributed by atoms with E-state index in [0.717, 1.165) is 29.8 Å². The third-order valence-corrected chi connectivity index (χ3v) is 5.66. The van der Waals surface area contributed by atoms with Crippen LogP contribution in [0.4, 0.5) is 8.78 Å². The summed E-state index contributed by atoms with van der Waals surface area (Å²) >= 11 is 0. The van der Waals surface area contributed by atoms with E-state index in [4.69, 9.17) is 0 Å². The number of halogens is 2. The van der Waals surface area contributed by atoms with Crippen LogP contribution in [0.15, 0.2) is 0 Å². The lowest BCUT2D eigenvalue weighted by Gasteiger charge is -2.33. The summed E-state index contributed by atoms with van der Waals surface area (Å²) in [6, 6.07) is 0. The SMILES string of the molecule is CC(C)(C)c1[nH]c(C(C)(C)C)c2c1CC1(CCCC1)C2(F)F. The van der Waals surface area contributed by atoms with Crippen LogP contribution >= 0.6 is 0 Å². The first kappa shape index (κ1) is 16.0. The summed E-state index contributed by atoms with van der Waals surface area (Å²) in [5.74, 6) is -2.69. The summed E-state index contributed by atoms with van der Waals surface area (Å²) in [5, 5.41) is 0. The van der Waals surface area contributed by atoms with Gasteiger partial charge in [-0.25, -0.2) is 8.78 Å². The zero-order valence-electron chi connectivity index (χ0n) is 14.8. The minimum Gasteiger partial charge on any atom is -0.361 e. The number of aromatic amines is 1. The Kier molecular flexibility index (Phi) is 3.17. The lowest BCUT2D eigenvalue weighted by atomic mass is 9.78. The fourth-order valence-electron chi connectivity index (χ4n) is 4.52. The molecule has 124 valence electrons. The Labute approximate surface area is 132 Å². The molecule has 0 unspecified atom stereocenters. The average Bonchev–Trinajstić information content (AvgIpc) is 2.96.